The Morgan fingerprint density at radius 1 is 1.25 bits per heavy atom. The van der Waals surface area contributed by atoms with Gasteiger partial charge in [0.25, 0.3) is 5.91 Å². The van der Waals surface area contributed by atoms with Crippen LogP contribution in [-0.2, 0) is 24.1 Å². The number of amides is 1. The molecule has 28 heavy (non-hydrogen) atoms. The van der Waals surface area contributed by atoms with E-state index in [0.29, 0.717) is 11.7 Å². The smallest absolute Gasteiger partial charge is 0.274 e. The van der Waals surface area contributed by atoms with Crippen LogP contribution >= 0.6 is 0 Å². The van der Waals surface area contributed by atoms with E-state index < -0.39 is 0 Å². The van der Waals surface area contributed by atoms with Crippen LogP contribution < -0.4 is 5.32 Å². The Bertz CT molecular complexity index is 635. The molecule has 2 aliphatic rings. The zero-order chi connectivity index (χ0) is 19.9. The number of carbonyl (C=O) groups is 1. The highest BCUT2D eigenvalue weighted by Gasteiger charge is 2.30. The van der Waals surface area contributed by atoms with E-state index in [4.69, 9.17) is 9.84 Å². The summed E-state index contributed by atoms with van der Waals surface area (Å²) in [5.74, 6) is 0.755. The fraction of sp³-hybridized carbons (Fsp3) is 0.818. The van der Waals surface area contributed by atoms with Crippen LogP contribution in [0.3, 0.4) is 0 Å². The predicted octanol–water partition coefficient (Wildman–Crippen LogP) is 3.04. The first kappa shape index (κ1) is 21.3. The van der Waals surface area contributed by atoms with Gasteiger partial charge in [0.05, 0.1) is 0 Å². The fourth-order valence-electron chi connectivity index (χ4n) is 4.64. The summed E-state index contributed by atoms with van der Waals surface area (Å²) in [7, 11) is 3.64. The van der Waals surface area contributed by atoms with Crippen LogP contribution in [0.4, 0.5) is 0 Å². The molecule has 1 heterocycles. The van der Waals surface area contributed by atoms with Crippen LogP contribution in [0.25, 0.3) is 0 Å². The van der Waals surface area contributed by atoms with E-state index in [0.717, 1.165) is 57.9 Å². The average molecular weight is 391 g/mol. The molecule has 0 spiro atoms. The summed E-state index contributed by atoms with van der Waals surface area (Å²) in [6.45, 7) is 5.57. The topological polar surface area (TPSA) is 59.4 Å². The fourth-order valence-corrected chi connectivity index (χ4v) is 4.64. The molecule has 3 rings (SSSR count). The van der Waals surface area contributed by atoms with Gasteiger partial charge in [-0.2, -0.15) is 5.10 Å². The molecule has 0 aromatic carbocycles. The van der Waals surface area contributed by atoms with E-state index in [1.165, 1.54) is 43.4 Å². The van der Waals surface area contributed by atoms with Crippen LogP contribution in [0.5, 0.6) is 0 Å². The first-order valence-corrected chi connectivity index (χ1v) is 11.2. The van der Waals surface area contributed by atoms with E-state index in [9.17, 15) is 4.79 Å². The summed E-state index contributed by atoms with van der Waals surface area (Å²) in [6.07, 6.45) is 10.7. The second kappa shape index (κ2) is 10.4. The van der Waals surface area contributed by atoms with Crippen LogP contribution in [-0.4, -0.2) is 60.5 Å². The molecular weight excluding hydrogens is 352 g/mol. The quantitative estimate of drug-likeness (QED) is 0.659. The van der Waals surface area contributed by atoms with Gasteiger partial charge in [-0.3, -0.25) is 9.48 Å². The molecule has 6 nitrogen and oxygen atoms in total. The second-order valence-electron chi connectivity index (χ2n) is 8.60. The lowest BCUT2D eigenvalue weighted by Crippen LogP contribution is -2.36. The molecule has 158 valence electrons. The molecule has 1 fully saturated rings. The largest absolute Gasteiger partial charge is 0.382 e. The van der Waals surface area contributed by atoms with Crippen molar-refractivity contribution in [2.45, 2.75) is 77.3 Å². The highest BCUT2D eigenvalue weighted by Crippen LogP contribution is 2.29. The summed E-state index contributed by atoms with van der Waals surface area (Å²) in [4.78, 5) is 14.4. The first-order valence-electron chi connectivity index (χ1n) is 11.2. The maximum absolute atomic E-state index is 12.8. The third kappa shape index (κ3) is 5.35. The summed E-state index contributed by atoms with van der Waals surface area (Å²) >= 11 is 0. The maximum atomic E-state index is 12.8. The van der Waals surface area contributed by atoms with E-state index in [1.54, 1.807) is 4.90 Å². The lowest BCUT2D eigenvalue weighted by Gasteiger charge is -2.26. The van der Waals surface area contributed by atoms with Crippen molar-refractivity contribution in [3.63, 3.8) is 0 Å². The van der Waals surface area contributed by atoms with Gasteiger partial charge < -0.3 is 15.0 Å². The van der Waals surface area contributed by atoms with E-state index in [1.807, 2.05) is 21.0 Å². The monoisotopic (exact) mass is 390 g/mol. The van der Waals surface area contributed by atoms with Gasteiger partial charge in [-0.1, -0.05) is 19.3 Å². The Kier molecular flexibility index (Phi) is 7.91. The lowest BCUT2D eigenvalue weighted by atomic mass is 9.88. The number of nitrogens with one attached hydrogen (secondary N) is 1. The maximum Gasteiger partial charge on any atom is 0.274 e. The number of rotatable bonds is 9. The summed E-state index contributed by atoms with van der Waals surface area (Å²) in [5.41, 5.74) is 3.17. The number of aromatic nitrogens is 2. The van der Waals surface area contributed by atoms with Gasteiger partial charge in [0.2, 0.25) is 0 Å². The molecule has 1 N–H and O–H groups in total. The number of carbonyl (C=O) groups excluding carboxylic acids is 1. The molecule has 1 amide bonds. The molecule has 6 heteroatoms. The standard InChI is InChI=1S/C22H38N4O2/c1-4-28-14-8-13-23-18-11-12-20-19(15-18)21(22(27)25(2)3)24-26(20)16-17-9-6-5-7-10-17/h17-18,23H,4-16H2,1-3H3/t18-/m1/s1. The van der Waals surface area contributed by atoms with Crippen molar-refractivity contribution in [3.8, 4) is 0 Å². The van der Waals surface area contributed by atoms with Gasteiger partial charge in [0.1, 0.15) is 0 Å². The normalized spacial score (nSPS) is 20.2. The Labute approximate surface area is 170 Å². The van der Waals surface area contributed by atoms with Crippen molar-refractivity contribution in [1.29, 1.82) is 0 Å². The Morgan fingerprint density at radius 3 is 2.75 bits per heavy atom. The van der Waals surface area contributed by atoms with Gasteiger partial charge in [0.15, 0.2) is 5.69 Å². The summed E-state index contributed by atoms with van der Waals surface area (Å²) < 4.78 is 7.62. The van der Waals surface area contributed by atoms with Crippen molar-refractivity contribution in [1.82, 2.24) is 20.0 Å². The Hall–Kier alpha value is -1.40. The zero-order valence-corrected chi connectivity index (χ0v) is 18.0. The molecule has 1 saturated carbocycles. The van der Waals surface area contributed by atoms with Gasteiger partial charge in [0, 0.05) is 51.2 Å². The summed E-state index contributed by atoms with van der Waals surface area (Å²) in [6, 6.07) is 0.426. The molecule has 1 atom stereocenters. The number of nitrogens with zero attached hydrogens (tertiary/aromatic N) is 3. The molecular formula is C22H38N4O2. The van der Waals surface area contributed by atoms with Crippen molar-refractivity contribution >= 4 is 5.91 Å². The van der Waals surface area contributed by atoms with Crippen molar-refractivity contribution < 1.29 is 9.53 Å². The Balaban J connectivity index is 1.70. The van der Waals surface area contributed by atoms with Gasteiger partial charge in [-0.05, 0) is 57.9 Å². The van der Waals surface area contributed by atoms with E-state index >= 15 is 0 Å². The van der Waals surface area contributed by atoms with Crippen molar-refractivity contribution in [2.75, 3.05) is 33.9 Å². The molecule has 0 unspecified atom stereocenters. The van der Waals surface area contributed by atoms with Gasteiger partial charge in [-0.25, -0.2) is 0 Å². The van der Waals surface area contributed by atoms with Crippen LogP contribution in [0.15, 0.2) is 0 Å². The minimum absolute atomic E-state index is 0.0376. The molecule has 0 radical (unpaired) electrons. The van der Waals surface area contributed by atoms with Crippen molar-refractivity contribution in [3.05, 3.63) is 17.0 Å². The van der Waals surface area contributed by atoms with Crippen LogP contribution in [0.2, 0.25) is 0 Å². The zero-order valence-electron chi connectivity index (χ0n) is 18.0. The van der Waals surface area contributed by atoms with E-state index in [2.05, 4.69) is 10.00 Å². The van der Waals surface area contributed by atoms with Gasteiger partial charge >= 0.3 is 0 Å². The van der Waals surface area contributed by atoms with Gasteiger partial charge in [-0.15, -0.1) is 0 Å². The second-order valence-corrected chi connectivity index (χ2v) is 8.60. The highest BCUT2D eigenvalue weighted by atomic mass is 16.5. The highest BCUT2D eigenvalue weighted by molar-refractivity contribution is 5.93. The average Bonchev–Trinajstić information content (AvgIpc) is 3.05. The molecule has 1 aromatic heterocycles. The SMILES string of the molecule is CCOCCCN[C@@H]1CCc2c(c(C(=O)N(C)C)nn2CC2CCCCC2)C1. The number of hydrogen-bond donors (Lipinski definition) is 1. The first-order chi connectivity index (χ1) is 13.6. The number of ether oxygens (including phenoxy) is 1. The number of fused-ring (bicyclic) bond motifs is 1. The van der Waals surface area contributed by atoms with E-state index in [-0.39, 0.29) is 5.91 Å². The molecule has 0 saturated heterocycles. The van der Waals surface area contributed by atoms with Crippen LogP contribution in [0.1, 0.15) is 73.6 Å². The minimum Gasteiger partial charge on any atom is -0.382 e. The Morgan fingerprint density at radius 2 is 2.04 bits per heavy atom. The molecule has 1 aromatic rings. The van der Waals surface area contributed by atoms with Crippen LogP contribution in [0, 0.1) is 5.92 Å². The molecule has 2 aliphatic carbocycles. The molecule has 0 bridgehead atoms. The predicted molar refractivity (Wildman–Crippen MR) is 112 cm³/mol. The lowest BCUT2D eigenvalue weighted by molar-refractivity contribution is 0.0819. The minimum atomic E-state index is 0.0376. The third-order valence-electron chi connectivity index (χ3n) is 6.21. The summed E-state index contributed by atoms with van der Waals surface area (Å²) in [5, 5.41) is 8.51. The third-order valence-corrected chi connectivity index (χ3v) is 6.21. The molecule has 0 aliphatic heterocycles. The number of hydrogen-bond acceptors (Lipinski definition) is 4. The van der Waals surface area contributed by atoms with Crippen molar-refractivity contribution in [2.24, 2.45) is 5.92 Å².